The summed E-state index contributed by atoms with van der Waals surface area (Å²) in [6.07, 6.45) is 4.26. The van der Waals surface area contributed by atoms with Crippen molar-refractivity contribution in [3.05, 3.63) is 52.2 Å². The van der Waals surface area contributed by atoms with Gasteiger partial charge in [-0.3, -0.25) is 4.79 Å². The van der Waals surface area contributed by atoms with E-state index < -0.39 is 0 Å². The molecule has 1 aliphatic carbocycles. The Morgan fingerprint density at radius 2 is 2.10 bits per heavy atom. The minimum Gasteiger partial charge on any atom is -0.462 e. The van der Waals surface area contributed by atoms with Gasteiger partial charge in [-0.15, -0.1) is 16.4 Å². The summed E-state index contributed by atoms with van der Waals surface area (Å²) in [6.45, 7) is 4.28. The summed E-state index contributed by atoms with van der Waals surface area (Å²) in [6, 6.07) is 6.93. The van der Waals surface area contributed by atoms with E-state index in [0.29, 0.717) is 28.7 Å². The molecule has 0 spiro atoms. The maximum absolute atomic E-state index is 12.8. The van der Waals surface area contributed by atoms with Gasteiger partial charge in [0.15, 0.2) is 0 Å². The van der Waals surface area contributed by atoms with Gasteiger partial charge in [0, 0.05) is 10.4 Å². The van der Waals surface area contributed by atoms with Gasteiger partial charge in [0.25, 0.3) is 5.91 Å². The summed E-state index contributed by atoms with van der Waals surface area (Å²) < 4.78 is 6.77. The molecule has 4 rings (SSSR count). The number of carbonyl (C=O) groups excluding carboxylic acids is 2. The van der Waals surface area contributed by atoms with Crippen LogP contribution in [0.1, 0.15) is 51.4 Å². The van der Waals surface area contributed by atoms with E-state index >= 15 is 0 Å². The highest BCUT2D eigenvalue weighted by Gasteiger charge is 2.29. The third-order valence-electron chi connectivity index (χ3n) is 4.96. The highest BCUT2D eigenvalue weighted by molar-refractivity contribution is 7.17. The first-order chi connectivity index (χ1) is 14.1. The van der Waals surface area contributed by atoms with E-state index in [-0.39, 0.29) is 11.9 Å². The zero-order chi connectivity index (χ0) is 20.4. The van der Waals surface area contributed by atoms with Crippen LogP contribution in [0, 0.1) is 5.92 Å². The number of tetrazole rings is 1. The van der Waals surface area contributed by atoms with Crippen LogP contribution in [0.5, 0.6) is 0 Å². The number of anilines is 1. The first-order valence-corrected chi connectivity index (χ1v) is 10.3. The summed E-state index contributed by atoms with van der Waals surface area (Å²) in [4.78, 5) is 26.6. The molecule has 29 heavy (non-hydrogen) atoms. The molecule has 0 unspecified atom stereocenters. The zero-order valence-corrected chi connectivity index (χ0v) is 17.0. The second-order valence-electron chi connectivity index (χ2n) is 7.03. The lowest BCUT2D eigenvalue weighted by atomic mass is 9.88. The van der Waals surface area contributed by atoms with Crippen molar-refractivity contribution < 1.29 is 14.3 Å². The van der Waals surface area contributed by atoms with Crippen LogP contribution in [0.3, 0.4) is 0 Å². The Hall–Kier alpha value is -3.07. The molecule has 0 aliphatic heterocycles. The van der Waals surface area contributed by atoms with Gasteiger partial charge in [-0.05, 0) is 72.4 Å². The second kappa shape index (κ2) is 8.12. The smallest absolute Gasteiger partial charge is 0.341 e. The number of hydrogen-bond acceptors (Lipinski definition) is 7. The zero-order valence-electron chi connectivity index (χ0n) is 16.2. The lowest BCUT2D eigenvalue weighted by molar-refractivity contribution is 0.0526. The van der Waals surface area contributed by atoms with Crippen LogP contribution < -0.4 is 5.32 Å². The number of nitrogens with one attached hydrogen (secondary N) is 1. The Labute approximate surface area is 171 Å². The van der Waals surface area contributed by atoms with Crippen LogP contribution in [0.15, 0.2) is 30.6 Å². The Balaban J connectivity index is 1.60. The number of amides is 1. The van der Waals surface area contributed by atoms with E-state index in [2.05, 4.69) is 27.8 Å². The molecule has 2 aromatic heterocycles. The molecule has 1 aromatic carbocycles. The van der Waals surface area contributed by atoms with Crippen molar-refractivity contribution in [2.45, 2.75) is 33.1 Å². The first kappa shape index (κ1) is 19.3. The van der Waals surface area contributed by atoms with Crippen LogP contribution in [-0.2, 0) is 17.6 Å². The third kappa shape index (κ3) is 3.91. The molecule has 1 amide bonds. The first-order valence-electron chi connectivity index (χ1n) is 9.53. The number of thiophene rings is 1. The van der Waals surface area contributed by atoms with Crippen LogP contribution in [-0.4, -0.2) is 38.7 Å². The maximum Gasteiger partial charge on any atom is 0.341 e. The minimum absolute atomic E-state index is 0.273. The monoisotopic (exact) mass is 411 g/mol. The molecule has 0 fully saturated rings. The van der Waals surface area contributed by atoms with E-state index in [1.165, 1.54) is 22.3 Å². The number of carbonyl (C=O) groups is 2. The fraction of sp³-hybridized carbons (Fsp3) is 0.350. The number of rotatable bonds is 5. The highest BCUT2D eigenvalue weighted by atomic mass is 32.1. The molecule has 0 radical (unpaired) electrons. The van der Waals surface area contributed by atoms with Gasteiger partial charge in [-0.1, -0.05) is 6.92 Å². The fourth-order valence-corrected chi connectivity index (χ4v) is 4.87. The molecule has 2 heterocycles. The number of benzene rings is 1. The van der Waals surface area contributed by atoms with Gasteiger partial charge in [-0.25, -0.2) is 9.48 Å². The van der Waals surface area contributed by atoms with Crippen molar-refractivity contribution >= 4 is 28.2 Å². The summed E-state index contributed by atoms with van der Waals surface area (Å²) in [7, 11) is 0. The highest BCUT2D eigenvalue weighted by Crippen LogP contribution is 2.40. The summed E-state index contributed by atoms with van der Waals surface area (Å²) >= 11 is 1.48. The molecule has 0 saturated carbocycles. The number of hydrogen-bond donors (Lipinski definition) is 1. The molecular weight excluding hydrogens is 390 g/mol. The molecular formula is C20H21N5O3S. The van der Waals surface area contributed by atoms with Gasteiger partial charge in [0.1, 0.15) is 11.3 Å². The van der Waals surface area contributed by atoms with Gasteiger partial charge >= 0.3 is 5.97 Å². The van der Waals surface area contributed by atoms with Gasteiger partial charge < -0.3 is 10.1 Å². The summed E-state index contributed by atoms with van der Waals surface area (Å²) in [5, 5.41) is 14.5. The topological polar surface area (TPSA) is 99.0 Å². The molecule has 8 nitrogen and oxygen atoms in total. The van der Waals surface area contributed by atoms with Crippen molar-refractivity contribution in [3.63, 3.8) is 0 Å². The molecule has 150 valence electrons. The van der Waals surface area contributed by atoms with Crippen molar-refractivity contribution in [1.29, 1.82) is 0 Å². The van der Waals surface area contributed by atoms with E-state index in [0.717, 1.165) is 35.4 Å². The lowest BCUT2D eigenvalue weighted by Crippen LogP contribution is -2.16. The second-order valence-corrected chi connectivity index (χ2v) is 8.14. The van der Waals surface area contributed by atoms with Gasteiger partial charge in [0.2, 0.25) is 0 Å². The lowest BCUT2D eigenvalue weighted by Gasteiger charge is -2.18. The summed E-state index contributed by atoms with van der Waals surface area (Å²) in [5.41, 5.74) is 2.77. The maximum atomic E-state index is 12.8. The number of aromatic nitrogens is 4. The Bertz CT molecular complexity index is 1030. The number of fused-ring (bicyclic) bond motifs is 1. The molecule has 0 bridgehead atoms. The fourth-order valence-electron chi connectivity index (χ4n) is 3.48. The van der Waals surface area contributed by atoms with Crippen LogP contribution in [0.2, 0.25) is 0 Å². The van der Waals surface area contributed by atoms with Crippen molar-refractivity contribution in [3.8, 4) is 5.69 Å². The van der Waals surface area contributed by atoms with Gasteiger partial charge in [-0.2, -0.15) is 0 Å². The average Bonchev–Trinajstić information content (AvgIpc) is 3.35. The van der Waals surface area contributed by atoms with Crippen LogP contribution >= 0.6 is 11.3 Å². The quantitative estimate of drug-likeness (QED) is 0.647. The molecule has 1 aliphatic rings. The Morgan fingerprint density at radius 1 is 1.31 bits per heavy atom. The van der Waals surface area contributed by atoms with Crippen molar-refractivity contribution in [1.82, 2.24) is 20.2 Å². The molecule has 1 atom stereocenters. The van der Waals surface area contributed by atoms with E-state index in [4.69, 9.17) is 4.74 Å². The normalized spacial score (nSPS) is 15.6. The standard InChI is InChI=1S/C20H21N5O3S/c1-3-28-20(27)17-15-9-4-12(2)10-16(15)29-19(17)22-18(26)13-5-7-14(8-6-13)25-11-21-23-24-25/h5-8,11-12H,3-4,9-10H2,1-2H3,(H,22,26)/t12-/m0/s1. The predicted octanol–water partition coefficient (Wildman–Crippen LogP) is 3.28. The van der Waals surface area contributed by atoms with E-state index in [9.17, 15) is 9.59 Å². The van der Waals surface area contributed by atoms with E-state index in [1.807, 2.05) is 0 Å². The van der Waals surface area contributed by atoms with Crippen LogP contribution in [0.25, 0.3) is 5.69 Å². The molecule has 0 saturated heterocycles. The summed E-state index contributed by atoms with van der Waals surface area (Å²) in [5.74, 6) is -0.0760. The number of esters is 1. The van der Waals surface area contributed by atoms with E-state index in [1.54, 1.807) is 31.2 Å². The Kier molecular flexibility index (Phi) is 5.39. The van der Waals surface area contributed by atoms with Gasteiger partial charge in [0.05, 0.1) is 17.9 Å². The largest absolute Gasteiger partial charge is 0.462 e. The third-order valence-corrected chi connectivity index (χ3v) is 6.13. The number of ether oxygens (including phenoxy) is 1. The van der Waals surface area contributed by atoms with Crippen molar-refractivity contribution in [2.75, 3.05) is 11.9 Å². The predicted molar refractivity (Wildman–Crippen MR) is 109 cm³/mol. The van der Waals surface area contributed by atoms with Crippen LogP contribution in [0.4, 0.5) is 5.00 Å². The SMILES string of the molecule is CCOC(=O)c1c(NC(=O)c2ccc(-n3cnnn3)cc2)sc2c1CC[C@H](C)C2. The number of nitrogens with zero attached hydrogens (tertiary/aromatic N) is 4. The molecule has 9 heteroatoms. The average molecular weight is 411 g/mol. The minimum atomic E-state index is -0.371. The van der Waals surface area contributed by atoms with Crippen molar-refractivity contribution in [2.24, 2.45) is 5.92 Å². The Morgan fingerprint density at radius 3 is 2.79 bits per heavy atom. The molecule has 1 N–H and O–H groups in total. The molecule has 3 aromatic rings.